The molecule has 1 N–H and O–H groups in total. The summed E-state index contributed by atoms with van der Waals surface area (Å²) < 4.78 is 1.76. The number of hydrogen-bond acceptors (Lipinski definition) is 5. The zero-order valence-corrected chi connectivity index (χ0v) is 11.7. The third-order valence-corrected chi connectivity index (χ3v) is 3.50. The van der Waals surface area contributed by atoms with Crippen molar-refractivity contribution in [2.45, 2.75) is 29.9 Å². The van der Waals surface area contributed by atoms with Crippen LogP contribution in [0.2, 0.25) is 0 Å². The first-order valence-electron chi connectivity index (χ1n) is 5.74. The molecule has 0 bridgehead atoms. The molecule has 0 aromatic carbocycles. The zero-order valence-electron chi connectivity index (χ0n) is 10.9. The van der Waals surface area contributed by atoms with Gasteiger partial charge in [0.1, 0.15) is 11.4 Å². The number of carboxylic acids is 1. The van der Waals surface area contributed by atoms with Crippen molar-refractivity contribution in [1.82, 2.24) is 19.7 Å². The van der Waals surface area contributed by atoms with Crippen LogP contribution in [0.1, 0.15) is 35.8 Å². The van der Waals surface area contributed by atoms with Gasteiger partial charge in [-0.3, -0.25) is 0 Å². The number of aromatic nitrogens is 4. The molecule has 0 saturated carbocycles. The van der Waals surface area contributed by atoms with Gasteiger partial charge in [-0.05, 0) is 29.8 Å². The van der Waals surface area contributed by atoms with Crippen LogP contribution in [0.4, 0.5) is 0 Å². The van der Waals surface area contributed by atoms with Gasteiger partial charge in [0.25, 0.3) is 0 Å². The van der Waals surface area contributed by atoms with Crippen molar-refractivity contribution in [3.05, 3.63) is 29.7 Å². The quantitative estimate of drug-likeness (QED) is 0.923. The molecule has 0 atom stereocenters. The Bertz CT molecular complexity index is 610. The molecule has 100 valence electrons. The van der Waals surface area contributed by atoms with E-state index in [9.17, 15) is 4.79 Å². The van der Waals surface area contributed by atoms with Crippen molar-refractivity contribution >= 4 is 17.7 Å². The number of rotatable bonds is 4. The minimum Gasteiger partial charge on any atom is -0.478 e. The van der Waals surface area contributed by atoms with Crippen LogP contribution in [0.5, 0.6) is 0 Å². The molecule has 0 radical (unpaired) electrons. The van der Waals surface area contributed by atoms with Gasteiger partial charge in [0.2, 0.25) is 0 Å². The van der Waals surface area contributed by atoms with Crippen molar-refractivity contribution in [1.29, 1.82) is 0 Å². The lowest BCUT2D eigenvalue weighted by molar-refractivity contribution is 0.0696. The van der Waals surface area contributed by atoms with Gasteiger partial charge < -0.3 is 9.67 Å². The molecule has 2 aromatic heterocycles. The largest absolute Gasteiger partial charge is 0.478 e. The number of carbonyl (C=O) groups is 1. The second-order valence-electron chi connectivity index (χ2n) is 4.41. The maximum Gasteiger partial charge on any atom is 0.335 e. The standard InChI is InChI=1S/C12H14N4O2S/c1-7(2)9-4-8(11(17)18)5-10(14-9)19-12-15-13-6-16(12)3/h4-7H,1-3H3,(H,17,18). The Kier molecular flexibility index (Phi) is 3.84. The normalized spacial score (nSPS) is 10.9. The van der Waals surface area contributed by atoms with Gasteiger partial charge >= 0.3 is 5.97 Å². The second-order valence-corrected chi connectivity index (χ2v) is 5.39. The summed E-state index contributed by atoms with van der Waals surface area (Å²) in [6, 6.07) is 3.15. The Labute approximate surface area is 114 Å². The predicted octanol–water partition coefficient (Wildman–Crippen LogP) is 2.18. The summed E-state index contributed by atoms with van der Waals surface area (Å²) in [6.45, 7) is 3.95. The third kappa shape index (κ3) is 3.11. The first-order valence-corrected chi connectivity index (χ1v) is 6.56. The summed E-state index contributed by atoms with van der Waals surface area (Å²) in [5, 5.41) is 18.1. The van der Waals surface area contributed by atoms with Gasteiger partial charge in [0.05, 0.1) is 5.56 Å². The topological polar surface area (TPSA) is 80.9 Å². The highest BCUT2D eigenvalue weighted by atomic mass is 32.2. The van der Waals surface area contributed by atoms with E-state index in [0.717, 1.165) is 5.69 Å². The van der Waals surface area contributed by atoms with Crippen LogP contribution in [0.15, 0.2) is 28.6 Å². The average Bonchev–Trinajstić information content (AvgIpc) is 2.74. The molecular weight excluding hydrogens is 264 g/mol. The molecule has 0 aliphatic heterocycles. The molecule has 0 spiro atoms. The van der Waals surface area contributed by atoms with Gasteiger partial charge in [-0.25, -0.2) is 9.78 Å². The van der Waals surface area contributed by atoms with E-state index >= 15 is 0 Å². The molecule has 19 heavy (non-hydrogen) atoms. The van der Waals surface area contributed by atoms with Crippen LogP contribution in [0.3, 0.4) is 0 Å². The molecule has 0 saturated heterocycles. The van der Waals surface area contributed by atoms with E-state index in [4.69, 9.17) is 5.11 Å². The van der Waals surface area contributed by atoms with Gasteiger partial charge in [0, 0.05) is 12.7 Å². The molecule has 0 unspecified atom stereocenters. The van der Waals surface area contributed by atoms with Crippen LogP contribution < -0.4 is 0 Å². The van der Waals surface area contributed by atoms with E-state index in [0.29, 0.717) is 10.2 Å². The monoisotopic (exact) mass is 278 g/mol. The van der Waals surface area contributed by atoms with Gasteiger partial charge in [-0.15, -0.1) is 10.2 Å². The Morgan fingerprint density at radius 2 is 2.16 bits per heavy atom. The predicted molar refractivity (Wildman–Crippen MR) is 70.4 cm³/mol. The summed E-state index contributed by atoms with van der Waals surface area (Å²) in [6.07, 6.45) is 1.59. The first-order chi connectivity index (χ1) is 8.97. The first kappa shape index (κ1) is 13.5. The summed E-state index contributed by atoms with van der Waals surface area (Å²) in [7, 11) is 1.83. The van der Waals surface area contributed by atoms with E-state index in [1.807, 2.05) is 20.9 Å². The third-order valence-electron chi connectivity index (χ3n) is 2.53. The zero-order chi connectivity index (χ0) is 14.0. The highest BCUT2D eigenvalue weighted by Gasteiger charge is 2.13. The van der Waals surface area contributed by atoms with E-state index in [2.05, 4.69) is 15.2 Å². The summed E-state index contributed by atoms with van der Waals surface area (Å²) >= 11 is 1.30. The summed E-state index contributed by atoms with van der Waals surface area (Å²) in [5.41, 5.74) is 0.993. The van der Waals surface area contributed by atoms with Gasteiger partial charge in [-0.2, -0.15) is 0 Å². The molecule has 0 fully saturated rings. The van der Waals surface area contributed by atoms with Crippen LogP contribution in [0.25, 0.3) is 0 Å². The van der Waals surface area contributed by atoms with Crippen molar-refractivity contribution in [2.24, 2.45) is 7.05 Å². The number of hydrogen-bond donors (Lipinski definition) is 1. The Morgan fingerprint density at radius 1 is 1.42 bits per heavy atom. The molecule has 0 aliphatic carbocycles. The molecule has 2 aromatic rings. The van der Waals surface area contributed by atoms with Crippen LogP contribution in [-0.4, -0.2) is 30.8 Å². The minimum absolute atomic E-state index is 0.165. The highest BCUT2D eigenvalue weighted by molar-refractivity contribution is 7.99. The molecule has 0 amide bonds. The van der Waals surface area contributed by atoms with Crippen molar-refractivity contribution in [2.75, 3.05) is 0 Å². The average molecular weight is 278 g/mol. The fraction of sp³-hybridized carbons (Fsp3) is 0.333. The Hall–Kier alpha value is -1.89. The number of aryl methyl sites for hydroxylation is 1. The molecule has 7 heteroatoms. The smallest absolute Gasteiger partial charge is 0.335 e. The number of aromatic carboxylic acids is 1. The Balaban J connectivity index is 2.39. The molecule has 0 aliphatic rings. The fourth-order valence-electron chi connectivity index (χ4n) is 1.46. The minimum atomic E-state index is -0.955. The number of carboxylic acid groups (broad SMARTS) is 1. The summed E-state index contributed by atoms with van der Waals surface area (Å²) in [5.74, 6) is -0.790. The lowest BCUT2D eigenvalue weighted by Gasteiger charge is -2.08. The van der Waals surface area contributed by atoms with Crippen molar-refractivity contribution < 1.29 is 9.90 Å². The lowest BCUT2D eigenvalue weighted by atomic mass is 10.1. The SMILES string of the molecule is CC(C)c1cc(C(=O)O)cc(Sc2nncn2C)n1. The summed E-state index contributed by atoms with van der Waals surface area (Å²) in [4.78, 5) is 15.6. The molecule has 2 rings (SSSR count). The number of nitrogens with zero attached hydrogens (tertiary/aromatic N) is 4. The van der Waals surface area contributed by atoms with Gasteiger partial charge in [-0.1, -0.05) is 13.8 Å². The van der Waals surface area contributed by atoms with Crippen molar-refractivity contribution in [3.8, 4) is 0 Å². The maximum absolute atomic E-state index is 11.1. The highest BCUT2D eigenvalue weighted by Crippen LogP contribution is 2.26. The number of pyridine rings is 1. The second kappa shape index (κ2) is 5.40. The van der Waals surface area contributed by atoms with Crippen LogP contribution >= 0.6 is 11.8 Å². The molecule has 6 nitrogen and oxygen atoms in total. The van der Waals surface area contributed by atoms with E-state index in [-0.39, 0.29) is 11.5 Å². The van der Waals surface area contributed by atoms with Gasteiger partial charge in [0.15, 0.2) is 5.16 Å². The maximum atomic E-state index is 11.1. The fourth-order valence-corrected chi connectivity index (χ4v) is 2.26. The molecular formula is C12H14N4O2S. The van der Waals surface area contributed by atoms with E-state index in [1.54, 1.807) is 23.0 Å². The van der Waals surface area contributed by atoms with Crippen LogP contribution in [0, 0.1) is 0 Å². The molecule has 2 heterocycles. The van der Waals surface area contributed by atoms with E-state index < -0.39 is 5.97 Å². The lowest BCUT2D eigenvalue weighted by Crippen LogP contribution is -2.02. The van der Waals surface area contributed by atoms with Crippen molar-refractivity contribution in [3.63, 3.8) is 0 Å². The Morgan fingerprint density at radius 3 is 2.68 bits per heavy atom. The van der Waals surface area contributed by atoms with Crippen LogP contribution in [-0.2, 0) is 7.05 Å². The van der Waals surface area contributed by atoms with E-state index in [1.165, 1.54) is 11.8 Å².